The molecule has 1 aliphatic heterocycles. The maximum atomic E-state index is 12.4. The molecule has 0 amide bonds. The number of hydrogen-bond acceptors (Lipinski definition) is 3. The molecule has 0 radical (unpaired) electrons. The highest BCUT2D eigenvalue weighted by molar-refractivity contribution is 14.1. The van der Waals surface area contributed by atoms with Gasteiger partial charge in [-0.05, 0) is 40.3 Å². The van der Waals surface area contributed by atoms with Gasteiger partial charge in [0, 0.05) is 21.8 Å². The lowest BCUT2D eigenvalue weighted by molar-refractivity contribution is 0.847. The molecule has 0 saturated heterocycles. The van der Waals surface area contributed by atoms with E-state index in [1.165, 1.54) is 3.57 Å². The van der Waals surface area contributed by atoms with Crippen molar-refractivity contribution in [3.63, 3.8) is 0 Å². The van der Waals surface area contributed by atoms with Crippen LogP contribution in [0, 0.1) is 3.57 Å². The Morgan fingerprint density at radius 2 is 2.10 bits per heavy atom. The minimum absolute atomic E-state index is 0.0178. The molecule has 0 spiro atoms. The summed E-state index contributed by atoms with van der Waals surface area (Å²) in [6.45, 7) is 0. The van der Waals surface area contributed by atoms with Crippen LogP contribution in [0.15, 0.2) is 40.0 Å². The molecule has 0 aliphatic carbocycles. The average Bonchev–Trinajstić information content (AvgIpc) is 3.06. The highest BCUT2D eigenvalue weighted by atomic mass is 127. The van der Waals surface area contributed by atoms with Crippen LogP contribution in [0.3, 0.4) is 0 Å². The standard InChI is InChI=1S/C14H10IN3OS/c15-9-3-1-8(2-4-9)11-7-12-16-10-5-6-20-13(10)14(19)18(12)17-11/h1-4,7,17H,5-6H2. The van der Waals surface area contributed by atoms with Gasteiger partial charge in [0.2, 0.25) is 0 Å². The number of nitrogens with zero attached hydrogens (tertiary/aromatic N) is 2. The minimum atomic E-state index is 0.0178. The number of benzene rings is 1. The molecular weight excluding hydrogens is 385 g/mol. The van der Waals surface area contributed by atoms with Gasteiger partial charge in [0.1, 0.15) is 0 Å². The molecule has 0 bridgehead atoms. The highest BCUT2D eigenvalue weighted by Gasteiger charge is 2.20. The number of rotatable bonds is 1. The number of H-pyrrole nitrogens is 1. The quantitative estimate of drug-likeness (QED) is 0.645. The molecule has 20 heavy (non-hydrogen) atoms. The van der Waals surface area contributed by atoms with E-state index in [-0.39, 0.29) is 5.56 Å². The zero-order valence-electron chi connectivity index (χ0n) is 10.4. The van der Waals surface area contributed by atoms with Crippen LogP contribution in [0.2, 0.25) is 0 Å². The number of aromatic amines is 1. The lowest BCUT2D eigenvalue weighted by Crippen LogP contribution is -2.17. The van der Waals surface area contributed by atoms with Crippen LogP contribution in [0.25, 0.3) is 16.9 Å². The summed E-state index contributed by atoms with van der Waals surface area (Å²) in [4.78, 5) is 17.8. The molecular formula is C14H10IN3OS. The average molecular weight is 395 g/mol. The van der Waals surface area contributed by atoms with Gasteiger partial charge in [-0.15, -0.1) is 11.8 Å². The van der Waals surface area contributed by atoms with Crippen molar-refractivity contribution in [2.24, 2.45) is 0 Å². The van der Waals surface area contributed by atoms with E-state index in [4.69, 9.17) is 0 Å². The number of nitrogens with one attached hydrogen (secondary N) is 1. The van der Waals surface area contributed by atoms with Gasteiger partial charge in [-0.25, -0.2) is 9.50 Å². The predicted molar refractivity (Wildman–Crippen MR) is 88.4 cm³/mol. The van der Waals surface area contributed by atoms with Gasteiger partial charge in [-0.2, -0.15) is 0 Å². The van der Waals surface area contributed by atoms with Crippen molar-refractivity contribution in [1.29, 1.82) is 0 Å². The molecule has 1 aromatic carbocycles. The lowest BCUT2D eigenvalue weighted by Gasteiger charge is -1.98. The van der Waals surface area contributed by atoms with Crippen molar-refractivity contribution in [2.45, 2.75) is 11.3 Å². The molecule has 0 atom stereocenters. The Hall–Kier alpha value is -1.28. The van der Waals surface area contributed by atoms with Gasteiger partial charge >= 0.3 is 0 Å². The fourth-order valence-electron chi connectivity index (χ4n) is 2.40. The zero-order valence-corrected chi connectivity index (χ0v) is 13.4. The molecule has 2 aromatic heterocycles. The number of hydrogen-bond donors (Lipinski definition) is 1. The third-order valence-corrected chi connectivity index (χ3v) is 5.21. The van der Waals surface area contributed by atoms with Crippen LogP contribution in [0.1, 0.15) is 5.69 Å². The normalized spacial score (nSPS) is 13.8. The van der Waals surface area contributed by atoms with E-state index in [9.17, 15) is 4.79 Å². The van der Waals surface area contributed by atoms with Crippen molar-refractivity contribution >= 4 is 40.0 Å². The Balaban J connectivity index is 1.94. The predicted octanol–water partition coefficient (Wildman–Crippen LogP) is 2.94. The molecule has 0 unspecified atom stereocenters. The van der Waals surface area contributed by atoms with Crippen molar-refractivity contribution in [1.82, 2.24) is 14.6 Å². The second-order valence-corrected chi connectivity index (χ2v) is 7.01. The molecule has 6 heteroatoms. The van der Waals surface area contributed by atoms with Crippen LogP contribution in [0.4, 0.5) is 0 Å². The molecule has 0 saturated carbocycles. The first kappa shape index (κ1) is 12.5. The minimum Gasteiger partial charge on any atom is -0.289 e. The summed E-state index contributed by atoms with van der Waals surface area (Å²) in [5.74, 6) is 0.953. The number of thioether (sulfide) groups is 1. The summed E-state index contributed by atoms with van der Waals surface area (Å²) in [5, 5.41) is 3.16. The van der Waals surface area contributed by atoms with Gasteiger partial charge in [-0.3, -0.25) is 9.89 Å². The topological polar surface area (TPSA) is 50.2 Å². The summed E-state index contributed by atoms with van der Waals surface area (Å²) >= 11 is 3.88. The second kappa shape index (κ2) is 4.63. The summed E-state index contributed by atoms with van der Waals surface area (Å²) in [6, 6.07) is 10.1. The summed E-state index contributed by atoms with van der Waals surface area (Å²) in [6.07, 6.45) is 0.885. The van der Waals surface area contributed by atoms with Gasteiger partial charge in [-0.1, -0.05) is 12.1 Å². The summed E-state index contributed by atoms with van der Waals surface area (Å²) in [5.41, 5.74) is 3.63. The monoisotopic (exact) mass is 395 g/mol. The first-order chi connectivity index (χ1) is 9.72. The van der Waals surface area contributed by atoms with Gasteiger partial charge in [0.15, 0.2) is 5.65 Å². The van der Waals surface area contributed by atoms with E-state index in [1.807, 2.05) is 30.3 Å². The van der Waals surface area contributed by atoms with E-state index in [2.05, 4.69) is 32.7 Å². The van der Waals surface area contributed by atoms with Crippen LogP contribution in [-0.2, 0) is 6.42 Å². The zero-order chi connectivity index (χ0) is 13.7. The number of halogens is 1. The molecule has 0 fully saturated rings. The van der Waals surface area contributed by atoms with Crippen LogP contribution in [-0.4, -0.2) is 20.4 Å². The van der Waals surface area contributed by atoms with E-state index in [1.54, 1.807) is 16.3 Å². The molecule has 3 heterocycles. The maximum absolute atomic E-state index is 12.4. The molecule has 100 valence electrons. The third kappa shape index (κ3) is 1.89. The summed E-state index contributed by atoms with van der Waals surface area (Å²) < 4.78 is 2.73. The Kier molecular flexibility index (Phi) is 2.88. The largest absolute Gasteiger partial charge is 0.289 e. The van der Waals surface area contributed by atoms with Crippen molar-refractivity contribution in [2.75, 3.05) is 5.75 Å². The second-order valence-electron chi connectivity index (χ2n) is 4.66. The third-order valence-electron chi connectivity index (χ3n) is 3.38. The Labute approximate surface area is 132 Å². The molecule has 1 N–H and O–H groups in total. The number of aryl methyl sites for hydroxylation is 1. The Morgan fingerprint density at radius 3 is 2.90 bits per heavy atom. The Morgan fingerprint density at radius 1 is 1.30 bits per heavy atom. The van der Waals surface area contributed by atoms with E-state index in [0.29, 0.717) is 5.65 Å². The molecule has 4 nitrogen and oxygen atoms in total. The maximum Gasteiger partial charge on any atom is 0.286 e. The highest BCUT2D eigenvalue weighted by Crippen LogP contribution is 2.27. The van der Waals surface area contributed by atoms with Crippen molar-refractivity contribution in [3.05, 3.63) is 49.9 Å². The van der Waals surface area contributed by atoms with Gasteiger partial charge in [0.05, 0.1) is 16.3 Å². The van der Waals surface area contributed by atoms with E-state index in [0.717, 1.165) is 34.0 Å². The van der Waals surface area contributed by atoms with E-state index < -0.39 is 0 Å². The lowest BCUT2D eigenvalue weighted by atomic mass is 10.2. The molecule has 3 aromatic rings. The van der Waals surface area contributed by atoms with Crippen molar-refractivity contribution < 1.29 is 0 Å². The first-order valence-electron chi connectivity index (χ1n) is 6.26. The Bertz CT molecular complexity index is 866. The fourth-order valence-corrected chi connectivity index (χ4v) is 3.78. The molecule has 4 rings (SSSR count). The van der Waals surface area contributed by atoms with Crippen LogP contribution >= 0.6 is 34.4 Å². The van der Waals surface area contributed by atoms with Crippen LogP contribution in [0.5, 0.6) is 0 Å². The van der Waals surface area contributed by atoms with E-state index >= 15 is 0 Å². The number of fused-ring (bicyclic) bond motifs is 2. The fraction of sp³-hybridized carbons (Fsp3) is 0.143. The molecule has 1 aliphatic rings. The smallest absolute Gasteiger partial charge is 0.286 e. The first-order valence-corrected chi connectivity index (χ1v) is 8.32. The number of aromatic nitrogens is 3. The SMILES string of the molecule is O=c1c2c(nc3cc(-c4ccc(I)cc4)[nH]n13)CCS2. The van der Waals surface area contributed by atoms with Crippen LogP contribution < -0.4 is 5.56 Å². The van der Waals surface area contributed by atoms with Crippen molar-refractivity contribution in [3.8, 4) is 11.3 Å². The van der Waals surface area contributed by atoms with Gasteiger partial charge < -0.3 is 0 Å². The summed E-state index contributed by atoms with van der Waals surface area (Å²) in [7, 11) is 0. The van der Waals surface area contributed by atoms with Gasteiger partial charge in [0.25, 0.3) is 5.56 Å².